The van der Waals surface area contributed by atoms with E-state index in [1.54, 1.807) is 0 Å². The minimum atomic E-state index is -0.588. The lowest BCUT2D eigenvalue weighted by atomic mass is 9.97. The predicted molar refractivity (Wildman–Crippen MR) is 84.1 cm³/mol. The number of rotatable bonds is 3. The molecule has 1 atom stereocenters. The summed E-state index contributed by atoms with van der Waals surface area (Å²) in [5, 5.41) is 13.4. The van der Waals surface area contributed by atoms with E-state index in [4.69, 9.17) is 11.6 Å². The van der Waals surface area contributed by atoms with Crippen LogP contribution in [0.4, 0.5) is 0 Å². The first-order valence-corrected chi connectivity index (χ1v) is 7.02. The molecule has 1 nitrogen and oxygen atoms in total. The van der Waals surface area contributed by atoms with Gasteiger partial charge in [0.1, 0.15) is 0 Å². The van der Waals surface area contributed by atoms with Crippen molar-refractivity contribution >= 4 is 22.4 Å². The van der Waals surface area contributed by atoms with E-state index in [9.17, 15) is 5.11 Å². The lowest BCUT2D eigenvalue weighted by Gasteiger charge is -2.14. The Kier molecular flexibility index (Phi) is 3.72. The van der Waals surface area contributed by atoms with E-state index in [0.29, 0.717) is 11.4 Å². The predicted octanol–water partition coefficient (Wildman–Crippen LogP) is 4.77. The summed E-state index contributed by atoms with van der Waals surface area (Å²) in [7, 11) is 0. The zero-order chi connectivity index (χ0) is 13.9. The van der Waals surface area contributed by atoms with Crippen LogP contribution in [-0.4, -0.2) is 5.11 Å². The lowest BCUT2D eigenvalue weighted by molar-refractivity contribution is 0.179. The van der Waals surface area contributed by atoms with Crippen molar-refractivity contribution in [1.82, 2.24) is 0 Å². The molecule has 0 radical (unpaired) electrons. The van der Waals surface area contributed by atoms with E-state index >= 15 is 0 Å². The van der Waals surface area contributed by atoms with Gasteiger partial charge < -0.3 is 5.11 Å². The first-order chi connectivity index (χ1) is 9.75. The van der Waals surface area contributed by atoms with Crippen LogP contribution in [0.3, 0.4) is 0 Å². The third-order valence-corrected chi connectivity index (χ3v) is 3.90. The van der Waals surface area contributed by atoms with Crippen molar-refractivity contribution in [3.05, 3.63) is 82.9 Å². The van der Waals surface area contributed by atoms with E-state index in [0.717, 1.165) is 11.1 Å². The first-order valence-electron chi connectivity index (χ1n) is 6.65. The minimum absolute atomic E-state index is 0.561. The molecule has 0 aliphatic heterocycles. The van der Waals surface area contributed by atoms with Gasteiger partial charge in [0.2, 0.25) is 0 Å². The molecule has 3 aromatic carbocycles. The second kappa shape index (κ2) is 5.66. The molecular weight excluding hydrogens is 268 g/mol. The largest absolute Gasteiger partial charge is 0.388 e. The molecular formula is C18H15ClO. The number of fused-ring (bicyclic) bond motifs is 1. The van der Waals surface area contributed by atoms with Crippen LogP contribution in [0.5, 0.6) is 0 Å². The van der Waals surface area contributed by atoms with Crippen molar-refractivity contribution in [1.29, 1.82) is 0 Å². The molecule has 2 heteroatoms. The summed E-state index contributed by atoms with van der Waals surface area (Å²) in [4.78, 5) is 0. The van der Waals surface area contributed by atoms with Gasteiger partial charge in [-0.25, -0.2) is 0 Å². The van der Waals surface area contributed by atoms with Gasteiger partial charge in [-0.15, -0.1) is 0 Å². The van der Waals surface area contributed by atoms with Gasteiger partial charge >= 0.3 is 0 Å². The molecule has 0 aliphatic rings. The van der Waals surface area contributed by atoms with Gasteiger partial charge in [-0.05, 0) is 28.0 Å². The third-order valence-electron chi connectivity index (χ3n) is 3.56. The monoisotopic (exact) mass is 282 g/mol. The van der Waals surface area contributed by atoms with E-state index in [1.165, 1.54) is 10.8 Å². The fourth-order valence-corrected chi connectivity index (χ4v) is 2.80. The molecule has 0 bridgehead atoms. The Morgan fingerprint density at radius 3 is 2.40 bits per heavy atom. The Hall–Kier alpha value is -1.83. The molecule has 3 rings (SSSR count). The first kappa shape index (κ1) is 13.2. The summed E-state index contributed by atoms with van der Waals surface area (Å²) in [5.74, 6) is 0. The fraction of sp³-hybridized carbons (Fsp3) is 0.111. The lowest BCUT2D eigenvalue weighted by Crippen LogP contribution is -2.03. The van der Waals surface area contributed by atoms with Crippen molar-refractivity contribution < 1.29 is 5.11 Å². The van der Waals surface area contributed by atoms with Gasteiger partial charge in [0, 0.05) is 11.4 Å². The highest BCUT2D eigenvalue weighted by atomic mass is 35.5. The van der Waals surface area contributed by atoms with Crippen molar-refractivity contribution in [3.63, 3.8) is 0 Å². The molecule has 0 spiro atoms. The molecule has 100 valence electrons. The molecule has 0 saturated heterocycles. The average molecular weight is 283 g/mol. The Bertz CT molecular complexity index is 731. The molecule has 20 heavy (non-hydrogen) atoms. The fourth-order valence-electron chi connectivity index (χ4n) is 2.53. The molecule has 0 aromatic heterocycles. The van der Waals surface area contributed by atoms with Gasteiger partial charge in [0.25, 0.3) is 0 Å². The van der Waals surface area contributed by atoms with Crippen molar-refractivity contribution in [2.45, 2.75) is 12.5 Å². The molecule has 0 heterocycles. The Morgan fingerprint density at radius 2 is 1.55 bits per heavy atom. The van der Waals surface area contributed by atoms with Crippen LogP contribution in [0.25, 0.3) is 10.8 Å². The van der Waals surface area contributed by atoms with Crippen LogP contribution in [0.1, 0.15) is 17.2 Å². The molecule has 0 amide bonds. The average Bonchev–Trinajstić information content (AvgIpc) is 2.48. The van der Waals surface area contributed by atoms with E-state index in [2.05, 4.69) is 24.3 Å². The third kappa shape index (κ3) is 2.55. The topological polar surface area (TPSA) is 20.2 Å². The molecule has 0 fully saturated rings. The van der Waals surface area contributed by atoms with Gasteiger partial charge in [-0.1, -0.05) is 72.3 Å². The molecule has 3 aromatic rings. The summed E-state index contributed by atoms with van der Waals surface area (Å²) < 4.78 is 0. The standard InChI is InChI=1S/C18H15ClO/c19-17-11-4-3-10-16(17)18(20)12-14-8-5-7-13-6-1-2-9-15(13)14/h1-11,18,20H,12H2. The number of hydrogen-bond acceptors (Lipinski definition) is 1. The van der Waals surface area contributed by atoms with Gasteiger partial charge in [-0.2, -0.15) is 0 Å². The van der Waals surface area contributed by atoms with Crippen molar-refractivity contribution in [3.8, 4) is 0 Å². The summed E-state index contributed by atoms with van der Waals surface area (Å²) in [6.07, 6.45) is -0.0278. The van der Waals surface area contributed by atoms with Crippen LogP contribution >= 0.6 is 11.6 Å². The number of halogens is 1. The normalized spacial score (nSPS) is 12.5. The summed E-state index contributed by atoms with van der Waals surface area (Å²) >= 11 is 6.14. The number of aliphatic hydroxyl groups is 1. The second-order valence-electron chi connectivity index (χ2n) is 4.88. The highest BCUT2D eigenvalue weighted by Gasteiger charge is 2.13. The Morgan fingerprint density at radius 1 is 0.850 bits per heavy atom. The summed E-state index contributed by atoms with van der Waals surface area (Å²) in [5.41, 5.74) is 1.91. The summed E-state index contributed by atoms with van der Waals surface area (Å²) in [6, 6.07) is 21.8. The highest BCUT2D eigenvalue weighted by molar-refractivity contribution is 6.31. The van der Waals surface area contributed by atoms with Crippen LogP contribution in [-0.2, 0) is 6.42 Å². The quantitative estimate of drug-likeness (QED) is 0.734. The van der Waals surface area contributed by atoms with Gasteiger partial charge in [0.05, 0.1) is 6.10 Å². The smallest absolute Gasteiger partial charge is 0.0844 e. The summed E-state index contributed by atoms with van der Waals surface area (Å²) in [6.45, 7) is 0. The van der Waals surface area contributed by atoms with Crippen LogP contribution < -0.4 is 0 Å². The van der Waals surface area contributed by atoms with Gasteiger partial charge in [0.15, 0.2) is 0 Å². The molecule has 1 unspecified atom stereocenters. The minimum Gasteiger partial charge on any atom is -0.388 e. The Balaban J connectivity index is 1.96. The van der Waals surface area contributed by atoms with Gasteiger partial charge in [-0.3, -0.25) is 0 Å². The zero-order valence-corrected chi connectivity index (χ0v) is 11.7. The van der Waals surface area contributed by atoms with Crippen molar-refractivity contribution in [2.24, 2.45) is 0 Å². The van der Waals surface area contributed by atoms with Crippen LogP contribution in [0, 0.1) is 0 Å². The maximum absolute atomic E-state index is 10.4. The van der Waals surface area contributed by atoms with Crippen LogP contribution in [0.2, 0.25) is 5.02 Å². The van der Waals surface area contributed by atoms with E-state index < -0.39 is 6.10 Å². The van der Waals surface area contributed by atoms with Crippen molar-refractivity contribution in [2.75, 3.05) is 0 Å². The molecule has 1 N–H and O–H groups in total. The second-order valence-corrected chi connectivity index (χ2v) is 5.29. The number of aliphatic hydroxyl groups excluding tert-OH is 1. The van der Waals surface area contributed by atoms with E-state index in [1.807, 2.05) is 42.5 Å². The highest BCUT2D eigenvalue weighted by Crippen LogP contribution is 2.28. The molecule has 0 saturated carbocycles. The Labute approximate surface area is 123 Å². The SMILES string of the molecule is OC(Cc1cccc2ccccc12)c1ccccc1Cl. The van der Waals surface area contributed by atoms with E-state index in [-0.39, 0.29) is 0 Å². The van der Waals surface area contributed by atoms with Crippen LogP contribution in [0.15, 0.2) is 66.7 Å². The zero-order valence-electron chi connectivity index (χ0n) is 11.0. The molecule has 0 aliphatic carbocycles. The number of hydrogen-bond donors (Lipinski definition) is 1. The maximum atomic E-state index is 10.4. The maximum Gasteiger partial charge on any atom is 0.0844 e. The number of benzene rings is 3.